The second-order valence-electron chi connectivity index (χ2n) is 10.9. The van der Waals surface area contributed by atoms with Crippen LogP contribution in [-0.2, 0) is 32.2 Å². The van der Waals surface area contributed by atoms with Gasteiger partial charge in [0.1, 0.15) is 6.23 Å². The fourth-order valence-corrected chi connectivity index (χ4v) is 4.71. The number of ether oxygens (including phenoxy) is 1. The Bertz CT molecular complexity index is 1310. The first-order valence-corrected chi connectivity index (χ1v) is 13.1. The summed E-state index contributed by atoms with van der Waals surface area (Å²) < 4.78 is 5.21. The van der Waals surface area contributed by atoms with Crippen LogP contribution in [0.3, 0.4) is 0 Å². The monoisotopic (exact) mass is 556 g/mol. The van der Waals surface area contributed by atoms with E-state index >= 15 is 0 Å². The second-order valence-corrected chi connectivity index (χ2v) is 11.3. The molecule has 0 bridgehead atoms. The van der Waals surface area contributed by atoms with Crippen molar-refractivity contribution in [3.05, 3.63) is 63.7 Å². The van der Waals surface area contributed by atoms with Crippen molar-refractivity contribution in [1.29, 1.82) is 0 Å². The number of piperidine rings is 1. The number of fused-ring (bicyclic) bond motifs is 1. The molecule has 4 rings (SSSR count). The smallest absolute Gasteiger partial charge is 0.319 e. The molecule has 10 nitrogen and oxygen atoms in total. The van der Waals surface area contributed by atoms with Gasteiger partial charge in [0.2, 0.25) is 11.8 Å². The maximum absolute atomic E-state index is 13.2. The van der Waals surface area contributed by atoms with E-state index in [1.54, 1.807) is 49.9 Å². The van der Waals surface area contributed by atoms with Gasteiger partial charge in [-0.25, -0.2) is 9.69 Å². The summed E-state index contributed by atoms with van der Waals surface area (Å²) in [5.41, 5.74) is 3.02. The number of benzene rings is 2. The zero-order chi connectivity index (χ0) is 28.5. The number of likely N-dealkylation sites (tertiary alicyclic amines) is 1. The number of rotatable bonds is 6. The van der Waals surface area contributed by atoms with Gasteiger partial charge in [0, 0.05) is 30.2 Å². The Labute approximate surface area is 232 Å². The molecule has 2 unspecified atom stereocenters. The summed E-state index contributed by atoms with van der Waals surface area (Å²) in [5.74, 6) is -1.44. The first-order chi connectivity index (χ1) is 18.3. The zero-order valence-corrected chi connectivity index (χ0v) is 23.2. The molecule has 2 aromatic carbocycles. The van der Waals surface area contributed by atoms with E-state index in [9.17, 15) is 24.3 Å². The van der Waals surface area contributed by atoms with Crippen LogP contribution in [-0.4, -0.2) is 51.5 Å². The van der Waals surface area contributed by atoms with Crippen molar-refractivity contribution in [3.63, 3.8) is 0 Å². The number of amides is 4. The number of hydrogen-bond acceptors (Lipinski definition) is 7. The second kappa shape index (κ2) is 11.3. The molecule has 1 fully saturated rings. The number of carbonyl (C=O) groups is 4. The van der Waals surface area contributed by atoms with Crippen LogP contribution in [0.5, 0.6) is 0 Å². The van der Waals surface area contributed by atoms with Crippen LogP contribution < -0.4 is 10.6 Å². The van der Waals surface area contributed by atoms with Crippen LogP contribution in [0.15, 0.2) is 36.4 Å². The number of nitrogens with one attached hydrogen (secondary N) is 2. The molecule has 2 aliphatic rings. The highest BCUT2D eigenvalue weighted by molar-refractivity contribution is 6.31. The highest BCUT2D eigenvalue weighted by Crippen LogP contribution is 2.36. The van der Waals surface area contributed by atoms with E-state index in [0.717, 1.165) is 21.6 Å². The number of anilines is 1. The number of aliphatic hydroxyl groups excluding tert-OH is 1. The van der Waals surface area contributed by atoms with E-state index in [1.165, 1.54) is 0 Å². The molecule has 39 heavy (non-hydrogen) atoms. The molecule has 0 radical (unpaired) electrons. The van der Waals surface area contributed by atoms with Crippen LogP contribution in [0.4, 0.5) is 10.5 Å². The van der Waals surface area contributed by atoms with Gasteiger partial charge in [-0.2, -0.15) is 0 Å². The van der Waals surface area contributed by atoms with E-state index in [2.05, 4.69) is 10.6 Å². The van der Waals surface area contributed by atoms with Gasteiger partial charge in [0.05, 0.1) is 11.5 Å². The fourth-order valence-electron chi connectivity index (χ4n) is 4.53. The number of urea groups is 1. The summed E-state index contributed by atoms with van der Waals surface area (Å²) in [4.78, 5) is 52.7. The normalized spacial score (nSPS) is 19.6. The average Bonchev–Trinajstić information content (AvgIpc) is 3.19. The topological polar surface area (TPSA) is 128 Å². The number of aliphatic hydroxyl groups is 1. The first kappa shape index (κ1) is 28.5. The van der Waals surface area contributed by atoms with Crippen molar-refractivity contribution in [3.8, 4) is 0 Å². The molecular weight excluding hydrogens is 524 g/mol. The predicted molar refractivity (Wildman–Crippen MR) is 144 cm³/mol. The summed E-state index contributed by atoms with van der Waals surface area (Å²) in [5, 5.41) is 17.1. The van der Waals surface area contributed by atoms with E-state index in [4.69, 9.17) is 16.3 Å². The average molecular weight is 557 g/mol. The van der Waals surface area contributed by atoms with Crippen molar-refractivity contribution in [1.82, 2.24) is 15.1 Å². The Morgan fingerprint density at radius 1 is 1.15 bits per heavy atom. The molecule has 2 atom stereocenters. The summed E-state index contributed by atoms with van der Waals surface area (Å²) in [6, 6.07) is 9.59. The molecular formula is C28H33ClN4O6. The molecule has 2 heterocycles. The van der Waals surface area contributed by atoms with Gasteiger partial charge in [0.25, 0.3) is 0 Å². The molecule has 4 amide bonds. The Morgan fingerprint density at radius 2 is 1.90 bits per heavy atom. The van der Waals surface area contributed by atoms with Crippen molar-refractivity contribution < 1.29 is 29.0 Å². The molecule has 0 saturated carbocycles. The van der Waals surface area contributed by atoms with E-state index in [0.29, 0.717) is 22.8 Å². The molecule has 0 aliphatic carbocycles. The third kappa shape index (κ3) is 6.41. The number of aryl methyl sites for hydroxylation is 1. The van der Waals surface area contributed by atoms with E-state index in [1.807, 2.05) is 19.1 Å². The van der Waals surface area contributed by atoms with Gasteiger partial charge < -0.3 is 20.5 Å². The van der Waals surface area contributed by atoms with E-state index < -0.39 is 42.2 Å². The molecule has 0 aromatic heterocycles. The van der Waals surface area contributed by atoms with Crippen molar-refractivity contribution >= 4 is 41.1 Å². The molecule has 208 valence electrons. The third-order valence-electron chi connectivity index (χ3n) is 6.86. The molecule has 2 aromatic rings. The highest BCUT2D eigenvalue weighted by Gasteiger charge is 2.43. The standard InChI is InChI=1S/C28H33ClN4O6/c1-16-5-7-19(12-21(16)29)31-27(38)30-13-17-6-8-20-18(11-17)14-32(24(20)35)22-9-10-23(34)33(25(22)36)15-39-26(37)28(2,3)4/h5-8,11-12,22,24,35H,9-10,13-15H2,1-4H3,(H2,30,31,38). The maximum atomic E-state index is 13.2. The summed E-state index contributed by atoms with van der Waals surface area (Å²) >= 11 is 6.12. The molecule has 0 spiro atoms. The molecule has 3 N–H and O–H groups in total. The van der Waals surface area contributed by atoms with Crippen LogP contribution >= 0.6 is 11.6 Å². The molecule has 1 saturated heterocycles. The summed E-state index contributed by atoms with van der Waals surface area (Å²) in [6.07, 6.45) is -0.679. The minimum atomic E-state index is -1.03. The van der Waals surface area contributed by atoms with Crippen LogP contribution in [0.1, 0.15) is 62.1 Å². The van der Waals surface area contributed by atoms with Gasteiger partial charge >= 0.3 is 12.0 Å². The van der Waals surface area contributed by atoms with Gasteiger partial charge in [-0.05, 0) is 68.5 Å². The number of halogens is 1. The van der Waals surface area contributed by atoms with Crippen LogP contribution in [0.2, 0.25) is 5.02 Å². The Morgan fingerprint density at radius 3 is 2.59 bits per heavy atom. The van der Waals surface area contributed by atoms with Crippen molar-refractivity contribution in [2.75, 3.05) is 12.0 Å². The Hall–Kier alpha value is -3.47. The quantitative estimate of drug-likeness (QED) is 0.364. The SMILES string of the molecule is Cc1ccc(NC(=O)NCc2ccc3c(c2)CN(C2CCC(=O)N(COC(=O)C(C)(C)C)C2=O)C3O)cc1Cl. The fraction of sp³-hybridized carbons (Fsp3) is 0.429. The lowest BCUT2D eigenvalue weighted by Gasteiger charge is -2.36. The Kier molecular flexibility index (Phi) is 8.29. The van der Waals surface area contributed by atoms with Gasteiger partial charge in [-0.1, -0.05) is 35.9 Å². The highest BCUT2D eigenvalue weighted by atomic mass is 35.5. The van der Waals surface area contributed by atoms with Gasteiger partial charge in [-0.3, -0.25) is 19.3 Å². The maximum Gasteiger partial charge on any atom is 0.319 e. The predicted octanol–water partition coefficient (Wildman–Crippen LogP) is 3.84. The summed E-state index contributed by atoms with van der Waals surface area (Å²) in [7, 11) is 0. The number of imide groups is 1. The first-order valence-electron chi connectivity index (χ1n) is 12.7. The largest absolute Gasteiger partial charge is 0.443 e. The van der Waals surface area contributed by atoms with Gasteiger partial charge in [0.15, 0.2) is 6.73 Å². The number of carbonyl (C=O) groups excluding carboxylic acids is 4. The van der Waals surface area contributed by atoms with E-state index in [-0.39, 0.29) is 25.4 Å². The lowest BCUT2D eigenvalue weighted by atomic mass is 9.97. The van der Waals surface area contributed by atoms with Gasteiger partial charge in [-0.15, -0.1) is 0 Å². The number of nitrogens with zero attached hydrogens (tertiary/aromatic N) is 2. The Balaban J connectivity index is 1.37. The van der Waals surface area contributed by atoms with Crippen LogP contribution in [0, 0.1) is 12.3 Å². The molecule has 2 aliphatic heterocycles. The number of hydrogen-bond donors (Lipinski definition) is 3. The zero-order valence-electron chi connectivity index (χ0n) is 22.4. The molecule has 11 heteroatoms. The van der Waals surface area contributed by atoms with Crippen molar-refractivity contribution in [2.45, 2.75) is 65.9 Å². The summed E-state index contributed by atoms with van der Waals surface area (Å²) in [6.45, 7) is 7.03. The lowest BCUT2D eigenvalue weighted by molar-refractivity contribution is -0.171. The van der Waals surface area contributed by atoms with Crippen molar-refractivity contribution in [2.24, 2.45) is 5.41 Å². The minimum absolute atomic E-state index is 0.0967. The lowest BCUT2D eigenvalue weighted by Crippen LogP contribution is -2.54. The number of esters is 1. The third-order valence-corrected chi connectivity index (χ3v) is 7.26. The van der Waals surface area contributed by atoms with Crippen LogP contribution in [0.25, 0.3) is 0 Å². The minimum Gasteiger partial charge on any atom is -0.443 e.